The molecule has 11 heteroatoms. The third kappa shape index (κ3) is 45.2. The normalized spacial score (nSPS) is 18.8. The van der Waals surface area contributed by atoms with Crippen molar-refractivity contribution in [3.05, 3.63) is 36.5 Å². The first-order valence-electron chi connectivity index (χ1n) is 32.8. The van der Waals surface area contributed by atoms with Gasteiger partial charge < -0.3 is 45.1 Å². The summed E-state index contributed by atoms with van der Waals surface area (Å²) in [5.41, 5.74) is 0. The van der Waals surface area contributed by atoms with Crippen LogP contribution in [-0.4, -0.2) is 100 Å². The molecular weight excluding hydrogens is 967 g/mol. The summed E-state index contributed by atoms with van der Waals surface area (Å²) in [6.07, 6.45) is 59.9. The second-order valence-corrected chi connectivity index (χ2v) is 22.8. The van der Waals surface area contributed by atoms with Crippen LogP contribution in [0.4, 0.5) is 0 Å². The average molecular weight is 1090 g/mol. The summed E-state index contributed by atoms with van der Waals surface area (Å²) >= 11 is 0. The van der Waals surface area contributed by atoms with E-state index in [1.54, 1.807) is 6.08 Å². The van der Waals surface area contributed by atoms with Crippen molar-refractivity contribution in [2.24, 2.45) is 0 Å². The average Bonchev–Trinajstić information content (AvgIpc) is 3.43. The van der Waals surface area contributed by atoms with E-state index in [1.807, 2.05) is 6.08 Å². The van der Waals surface area contributed by atoms with Crippen molar-refractivity contribution in [1.82, 2.24) is 5.32 Å². The minimum atomic E-state index is -1.58. The van der Waals surface area contributed by atoms with Crippen LogP contribution in [0.1, 0.15) is 309 Å². The summed E-state index contributed by atoms with van der Waals surface area (Å²) in [6.45, 7) is 4.29. The lowest BCUT2D eigenvalue weighted by Gasteiger charge is -2.40. The third-order valence-corrected chi connectivity index (χ3v) is 15.5. The smallest absolute Gasteiger partial charge is 0.305 e. The van der Waals surface area contributed by atoms with Gasteiger partial charge in [0.25, 0.3) is 0 Å². The molecule has 7 atom stereocenters. The molecule has 0 aromatic rings. The zero-order valence-electron chi connectivity index (χ0n) is 49.9. The van der Waals surface area contributed by atoms with Crippen LogP contribution < -0.4 is 5.32 Å². The molecular formula is C66H123NO10. The standard InChI is InChI=1S/C66H123NO10/c1-3-5-7-9-11-13-14-15-16-28-31-34-38-42-46-50-54-62(71)75-55-51-47-43-39-35-32-29-26-24-22-20-18-17-19-21-23-25-27-30-33-37-41-45-49-53-61(70)67-58(59(69)52-48-44-40-36-12-10-8-6-4-2)57-76-66-65(74)64(73)63(72)60(56-68)77-66/h12,19,21,36,48,52,58-60,63-66,68-69,72-74H,3-11,13-18,20,22-35,37-47,49-51,53-57H2,1-2H3,(H,67,70)/b21-19-,36-12+,52-48+. The van der Waals surface area contributed by atoms with Crippen molar-refractivity contribution in [3.8, 4) is 0 Å². The van der Waals surface area contributed by atoms with E-state index in [4.69, 9.17) is 14.2 Å². The first-order valence-corrected chi connectivity index (χ1v) is 32.8. The molecule has 1 saturated heterocycles. The lowest BCUT2D eigenvalue weighted by Crippen LogP contribution is -2.60. The van der Waals surface area contributed by atoms with Gasteiger partial charge in [0.2, 0.25) is 5.91 Å². The summed E-state index contributed by atoms with van der Waals surface area (Å²) in [6, 6.07) is -0.829. The molecule has 1 aliphatic heterocycles. The van der Waals surface area contributed by atoms with Crippen LogP contribution in [0.15, 0.2) is 36.5 Å². The Labute approximate surface area is 473 Å². The Morgan fingerprint density at radius 2 is 0.844 bits per heavy atom. The molecule has 77 heavy (non-hydrogen) atoms. The molecule has 0 aromatic heterocycles. The van der Waals surface area contributed by atoms with E-state index in [1.165, 1.54) is 212 Å². The molecule has 0 saturated carbocycles. The van der Waals surface area contributed by atoms with Gasteiger partial charge in [-0.2, -0.15) is 0 Å². The van der Waals surface area contributed by atoms with Gasteiger partial charge in [0.15, 0.2) is 6.29 Å². The highest BCUT2D eigenvalue weighted by Crippen LogP contribution is 2.23. The molecule has 1 rings (SSSR count). The van der Waals surface area contributed by atoms with E-state index in [2.05, 4.69) is 43.5 Å². The number of carbonyl (C=O) groups excluding carboxylic acids is 2. The van der Waals surface area contributed by atoms with E-state index in [0.29, 0.717) is 19.4 Å². The highest BCUT2D eigenvalue weighted by Gasteiger charge is 2.44. The van der Waals surface area contributed by atoms with Crippen molar-refractivity contribution >= 4 is 11.9 Å². The third-order valence-electron chi connectivity index (χ3n) is 15.5. The quantitative estimate of drug-likeness (QED) is 0.0195. The molecule has 1 fully saturated rings. The Morgan fingerprint density at radius 1 is 0.468 bits per heavy atom. The molecule has 1 aliphatic rings. The first kappa shape index (κ1) is 72.9. The summed E-state index contributed by atoms with van der Waals surface area (Å²) in [5.74, 6) is -0.194. The maximum atomic E-state index is 13.0. The SMILES string of the molecule is CCCCC/C=C/CC/C=C/C(O)C(COC1OC(CO)C(O)C(O)C1O)NC(=O)CCCCCCCCCC/C=C\CCCCCCCCCCCCCCOC(=O)CCCCCCCCCCCCCCCCCC. The lowest BCUT2D eigenvalue weighted by atomic mass is 9.99. The molecule has 7 unspecified atom stereocenters. The number of hydrogen-bond donors (Lipinski definition) is 6. The largest absolute Gasteiger partial charge is 0.466 e. The monoisotopic (exact) mass is 1090 g/mol. The van der Waals surface area contributed by atoms with Gasteiger partial charge in [-0.25, -0.2) is 0 Å². The maximum Gasteiger partial charge on any atom is 0.305 e. The Morgan fingerprint density at radius 3 is 1.31 bits per heavy atom. The number of ether oxygens (including phenoxy) is 3. The number of aliphatic hydroxyl groups excluding tert-OH is 5. The molecule has 452 valence electrons. The summed E-state index contributed by atoms with van der Waals surface area (Å²) in [4.78, 5) is 25.1. The summed E-state index contributed by atoms with van der Waals surface area (Å²) in [7, 11) is 0. The van der Waals surface area contributed by atoms with Crippen LogP contribution in [-0.2, 0) is 23.8 Å². The molecule has 0 aromatic carbocycles. The van der Waals surface area contributed by atoms with Crippen LogP contribution in [0.2, 0.25) is 0 Å². The lowest BCUT2D eigenvalue weighted by molar-refractivity contribution is -0.302. The first-order chi connectivity index (χ1) is 37.7. The highest BCUT2D eigenvalue weighted by atomic mass is 16.7. The second-order valence-electron chi connectivity index (χ2n) is 22.8. The van der Waals surface area contributed by atoms with Crippen molar-refractivity contribution in [1.29, 1.82) is 0 Å². The summed E-state index contributed by atoms with van der Waals surface area (Å²) in [5, 5.41) is 54.2. The predicted octanol–water partition coefficient (Wildman–Crippen LogP) is 15.8. The predicted molar refractivity (Wildman–Crippen MR) is 320 cm³/mol. The molecule has 1 heterocycles. The van der Waals surface area contributed by atoms with Crippen molar-refractivity contribution in [2.75, 3.05) is 19.8 Å². The van der Waals surface area contributed by atoms with E-state index >= 15 is 0 Å². The van der Waals surface area contributed by atoms with Gasteiger partial charge in [0, 0.05) is 12.8 Å². The van der Waals surface area contributed by atoms with Gasteiger partial charge in [-0.05, 0) is 70.6 Å². The van der Waals surface area contributed by atoms with E-state index < -0.39 is 49.5 Å². The number of esters is 1. The second kappa shape index (κ2) is 55.8. The maximum absolute atomic E-state index is 13.0. The topological polar surface area (TPSA) is 175 Å². The fourth-order valence-electron chi connectivity index (χ4n) is 10.3. The Bertz CT molecular complexity index is 1370. The zero-order chi connectivity index (χ0) is 55.9. The van der Waals surface area contributed by atoms with E-state index in [9.17, 15) is 35.1 Å². The van der Waals surface area contributed by atoms with Gasteiger partial charge in [0.1, 0.15) is 24.4 Å². The van der Waals surface area contributed by atoms with E-state index in [-0.39, 0.29) is 18.5 Å². The van der Waals surface area contributed by atoms with Crippen LogP contribution in [0.3, 0.4) is 0 Å². The molecule has 6 N–H and O–H groups in total. The Balaban J connectivity index is 1.96. The number of carbonyl (C=O) groups is 2. The molecule has 0 aliphatic carbocycles. The van der Waals surface area contributed by atoms with Gasteiger partial charge in [-0.3, -0.25) is 9.59 Å². The van der Waals surface area contributed by atoms with Gasteiger partial charge in [-0.1, -0.05) is 262 Å². The molecule has 0 bridgehead atoms. The molecule has 0 radical (unpaired) electrons. The number of nitrogens with one attached hydrogen (secondary N) is 1. The van der Waals surface area contributed by atoms with Gasteiger partial charge >= 0.3 is 5.97 Å². The fourth-order valence-corrected chi connectivity index (χ4v) is 10.3. The molecule has 1 amide bonds. The Kier molecular flexibility index (Phi) is 52.8. The van der Waals surface area contributed by atoms with Crippen LogP contribution in [0.25, 0.3) is 0 Å². The zero-order valence-corrected chi connectivity index (χ0v) is 49.9. The summed E-state index contributed by atoms with van der Waals surface area (Å²) < 4.78 is 16.7. The van der Waals surface area contributed by atoms with Crippen LogP contribution >= 0.6 is 0 Å². The van der Waals surface area contributed by atoms with Crippen molar-refractivity contribution in [2.45, 2.75) is 352 Å². The number of rotatable bonds is 57. The Hall–Kier alpha value is -2.12. The number of aliphatic hydroxyl groups is 5. The number of allylic oxidation sites excluding steroid dienone is 5. The number of amides is 1. The van der Waals surface area contributed by atoms with Crippen LogP contribution in [0.5, 0.6) is 0 Å². The minimum absolute atomic E-state index is 0.00444. The number of unbranched alkanes of at least 4 members (excludes halogenated alkanes) is 39. The fraction of sp³-hybridized carbons (Fsp3) is 0.879. The van der Waals surface area contributed by atoms with Gasteiger partial charge in [-0.15, -0.1) is 0 Å². The highest BCUT2D eigenvalue weighted by molar-refractivity contribution is 5.76. The van der Waals surface area contributed by atoms with Crippen molar-refractivity contribution < 1.29 is 49.3 Å². The van der Waals surface area contributed by atoms with Crippen molar-refractivity contribution in [3.63, 3.8) is 0 Å². The minimum Gasteiger partial charge on any atom is -0.466 e. The van der Waals surface area contributed by atoms with Gasteiger partial charge in [0.05, 0.1) is 32.0 Å². The molecule has 0 spiro atoms. The number of hydrogen-bond acceptors (Lipinski definition) is 10. The van der Waals surface area contributed by atoms with Crippen LogP contribution in [0, 0.1) is 0 Å². The molecule has 11 nitrogen and oxygen atoms in total. The van der Waals surface area contributed by atoms with E-state index in [0.717, 1.165) is 70.6 Å².